The molecule has 1 atom stereocenters. The Hall–Kier alpha value is -4.19. The molecule has 4 aromatic carbocycles. The van der Waals surface area contributed by atoms with Crippen LogP contribution in [-0.2, 0) is 9.59 Å². The minimum atomic E-state index is -0.476. The van der Waals surface area contributed by atoms with Gasteiger partial charge in [-0.2, -0.15) is 0 Å². The first kappa shape index (κ1) is 20.7. The summed E-state index contributed by atoms with van der Waals surface area (Å²) in [5.41, 5.74) is 1.21. The Labute approximate surface area is 190 Å². The van der Waals surface area contributed by atoms with E-state index in [2.05, 4.69) is 5.32 Å². The third-order valence-electron chi connectivity index (χ3n) is 5.71. The van der Waals surface area contributed by atoms with E-state index in [0.717, 1.165) is 16.5 Å². The summed E-state index contributed by atoms with van der Waals surface area (Å²) in [6.07, 6.45) is 0.117. The first-order valence-corrected chi connectivity index (χ1v) is 10.7. The fraction of sp³-hybridized carbons (Fsp3) is 0.111. The molecule has 1 fully saturated rings. The lowest BCUT2D eigenvalue weighted by Gasteiger charge is -2.16. The molecule has 4 aromatic rings. The van der Waals surface area contributed by atoms with Gasteiger partial charge in [0.15, 0.2) is 0 Å². The standard InChI is InChI=1S/C27H21FN2O3/c28-21-6-10-23(11-7-21)30-17-20(16-26(30)31)27(32)29-22-8-13-24(14-9-22)33-25-12-5-18-3-1-2-4-19(18)15-25/h1-15,20H,16-17H2,(H,29,32)/t20-/m0/s1. The van der Waals surface area contributed by atoms with Crippen molar-refractivity contribution in [1.82, 2.24) is 0 Å². The Morgan fingerprint density at radius 3 is 2.33 bits per heavy atom. The quantitative estimate of drug-likeness (QED) is 0.429. The van der Waals surface area contributed by atoms with Crippen LogP contribution in [0.2, 0.25) is 0 Å². The fourth-order valence-corrected chi connectivity index (χ4v) is 3.97. The molecule has 0 spiro atoms. The average Bonchev–Trinajstić information content (AvgIpc) is 3.22. The van der Waals surface area contributed by atoms with Crippen molar-refractivity contribution < 1.29 is 18.7 Å². The molecule has 1 aliphatic rings. The van der Waals surface area contributed by atoms with Crippen molar-refractivity contribution in [2.24, 2.45) is 5.92 Å². The zero-order chi connectivity index (χ0) is 22.8. The van der Waals surface area contributed by atoms with Gasteiger partial charge in [-0.3, -0.25) is 9.59 Å². The Kier molecular flexibility index (Phi) is 5.48. The van der Waals surface area contributed by atoms with Crippen LogP contribution in [0, 0.1) is 11.7 Å². The largest absolute Gasteiger partial charge is 0.457 e. The number of anilines is 2. The Morgan fingerprint density at radius 2 is 1.58 bits per heavy atom. The van der Waals surface area contributed by atoms with E-state index in [1.54, 1.807) is 36.4 Å². The highest BCUT2D eigenvalue weighted by Gasteiger charge is 2.35. The van der Waals surface area contributed by atoms with Gasteiger partial charge in [-0.15, -0.1) is 0 Å². The normalized spacial score (nSPS) is 15.6. The minimum absolute atomic E-state index is 0.117. The van der Waals surface area contributed by atoms with Gasteiger partial charge in [-0.05, 0) is 71.4 Å². The van der Waals surface area contributed by atoms with Crippen molar-refractivity contribution in [1.29, 1.82) is 0 Å². The Bertz CT molecular complexity index is 1320. The van der Waals surface area contributed by atoms with Crippen LogP contribution in [-0.4, -0.2) is 18.4 Å². The van der Waals surface area contributed by atoms with E-state index in [0.29, 0.717) is 17.1 Å². The lowest BCUT2D eigenvalue weighted by Crippen LogP contribution is -2.28. The number of amides is 2. The average molecular weight is 440 g/mol. The molecule has 2 amide bonds. The van der Waals surface area contributed by atoms with Crippen LogP contribution >= 0.6 is 0 Å². The van der Waals surface area contributed by atoms with Crippen molar-refractivity contribution in [2.75, 3.05) is 16.8 Å². The number of ether oxygens (including phenoxy) is 1. The third-order valence-corrected chi connectivity index (χ3v) is 5.71. The van der Waals surface area contributed by atoms with E-state index in [1.165, 1.54) is 17.0 Å². The third kappa shape index (κ3) is 4.55. The number of rotatable bonds is 5. The number of carbonyl (C=O) groups is 2. The van der Waals surface area contributed by atoms with E-state index in [1.807, 2.05) is 42.5 Å². The molecular formula is C27H21FN2O3. The van der Waals surface area contributed by atoms with E-state index in [4.69, 9.17) is 4.74 Å². The van der Waals surface area contributed by atoms with Crippen LogP contribution < -0.4 is 15.0 Å². The Balaban J connectivity index is 1.21. The molecule has 5 rings (SSSR count). The van der Waals surface area contributed by atoms with Gasteiger partial charge in [-0.25, -0.2) is 4.39 Å². The van der Waals surface area contributed by atoms with Crippen molar-refractivity contribution in [3.63, 3.8) is 0 Å². The van der Waals surface area contributed by atoms with E-state index in [9.17, 15) is 14.0 Å². The number of hydrogen-bond donors (Lipinski definition) is 1. The van der Waals surface area contributed by atoms with Crippen LogP contribution in [0.5, 0.6) is 11.5 Å². The van der Waals surface area contributed by atoms with Gasteiger partial charge in [0.25, 0.3) is 0 Å². The summed E-state index contributed by atoms with van der Waals surface area (Å²) in [5.74, 6) is 0.165. The summed E-state index contributed by atoms with van der Waals surface area (Å²) < 4.78 is 19.1. The SMILES string of the molecule is O=C(Nc1ccc(Oc2ccc3ccccc3c2)cc1)[C@H]1CC(=O)N(c2ccc(F)cc2)C1. The molecule has 0 bridgehead atoms. The van der Waals surface area contributed by atoms with Gasteiger partial charge in [-0.1, -0.05) is 30.3 Å². The maximum Gasteiger partial charge on any atom is 0.229 e. The second-order valence-corrected chi connectivity index (χ2v) is 8.01. The number of nitrogens with one attached hydrogen (secondary N) is 1. The monoisotopic (exact) mass is 440 g/mol. The second-order valence-electron chi connectivity index (χ2n) is 8.01. The van der Waals surface area contributed by atoms with Gasteiger partial charge < -0.3 is 15.0 Å². The number of hydrogen-bond acceptors (Lipinski definition) is 3. The molecule has 1 heterocycles. The summed E-state index contributed by atoms with van der Waals surface area (Å²) >= 11 is 0. The van der Waals surface area contributed by atoms with Crippen molar-refractivity contribution in [3.8, 4) is 11.5 Å². The molecule has 1 aliphatic heterocycles. The summed E-state index contributed by atoms with van der Waals surface area (Å²) in [7, 11) is 0. The van der Waals surface area contributed by atoms with Gasteiger partial charge >= 0.3 is 0 Å². The fourth-order valence-electron chi connectivity index (χ4n) is 3.97. The maximum absolute atomic E-state index is 13.2. The highest BCUT2D eigenvalue weighted by Crippen LogP contribution is 2.28. The zero-order valence-electron chi connectivity index (χ0n) is 17.7. The van der Waals surface area contributed by atoms with Crippen molar-refractivity contribution in [3.05, 3.63) is 96.8 Å². The maximum atomic E-state index is 13.2. The number of nitrogens with zero attached hydrogens (tertiary/aromatic N) is 1. The molecular weight excluding hydrogens is 419 g/mol. The summed E-state index contributed by atoms with van der Waals surface area (Å²) in [6, 6.07) is 26.8. The van der Waals surface area contributed by atoms with Gasteiger partial charge in [0.1, 0.15) is 17.3 Å². The van der Waals surface area contributed by atoms with Gasteiger partial charge in [0.2, 0.25) is 11.8 Å². The lowest BCUT2D eigenvalue weighted by atomic mass is 10.1. The molecule has 0 saturated carbocycles. The smallest absolute Gasteiger partial charge is 0.229 e. The van der Waals surface area contributed by atoms with E-state index in [-0.39, 0.29) is 30.6 Å². The summed E-state index contributed by atoms with van der Waals surface area (Å²) in [6.45, 7) is 0.263. The van der Waals surface area contributed by atoms with Crippen LogP contribution in [0.15, 0.2) is 91.0 Å². The predicted octanol–water partition coefficient (Wildman–Crippen LogP) is 5.76. The first-order valence-electron chi connectivity index (χ1n) is 10.7. The van der Waals surface area contributed by atoms with Crippen LogP contribution in [0.4, 0.5) is 15.8 Å². The van der Waals surface area contributed by atoms with Gasteiger partial charge in [0, 0.05) is 24.3 Å². The molecule has 0 radical (unpaired) electrons. The van der Waals surface area contributed by atoms with Gasteiger partial charge in [0.05, 0.1) is 5.92 Å². The zero-order valence-corrected chi connectivity index (χ0v) is 17.7. The highest BCUT2D eigenvalue weighted by molar-refractivity contribution is 6.03. The van der Waals surface area contributed by atoms with Crippen molar-refractivity contribution >= 4 is 34.0 Å². The first-order chi connectivity index (χ1) is 16.0. The predicted molar refractivity (Wildman–Crippen MR) is 126 cm³/mol. The number of fused-ring (bicyclic) bond motifs is 1. The topological polar surface area (TPSA) is 58.6 Å². The minimum Gasteiger partial charge on any atom is -0.457 e. The van der Waals surface area contributed by atoms with Crippen LogP contribution in [0.1, 0.15) is 6.42 Å². The second kappa shape index (κ2) is 8.74. The number of carbonyl (C=O) groups excluding carboxylic acids is 2. The van der Waals surface area contributed by atoms with Crippen LogP contribution in [0.3, 0.4) is 0 Å². The summed E-state index contributed by atoms with van der Waals surface area (Å²) in [5, 5.41) is 5.11. The summed E-state index contributed by atoms with van der Waals surface area (Å²) in [4.78, 5) is 26.6. The molecule has 0 aromatic heterocycles. The van der Waals surface area contributed by atoms with Crippen LogP contribution in [0.25, 0.3) is 10.8 Å². The van der Waals surface area contributed by atoms with Crippen molar-refractivity contribution in [2.45, 2.75) is 6.42 Å². The molecule has 5 nitrogen and oxygen atoms in total. The molecule has 33 heavy (non-hydrogen) atoms. The molecule has 0 unspecified atom stereocenters. The number of benzene rings is 4. The molecule has 0 aliphatic carbocycles. The van der Waals surface area contributed by atoms with E-state index < -0.39 is 5.92 Å². The Morgan fingerprint density at radius 1 is 0.879 bits per heavy atom. The number of halogens is 1. The molecule has 6 heteroatoms. The molecule has 1 saturated heterocycles. The molecule has 164 valence electrons. The highest BCUT2D eigenvalue weighted by atomic mass is 19.1. The lowest BCUT2D eigenvalue weighted by molar-refractivity contribution is -0.122. The molecule has 1 N–H and O–H groups in total. The van der Waals surface area contributed by atoms with E-state index >= 15 is 0 Å².